The molecule has 4 rings (SSSR count). The first kappa shape index (κ1) is 13.4. The third-order valence-corrected chi connectivity index (χ3v) is 4.73. The molecule has 0 aromatic heterocycles. The zero-order valence-electron chi connectivity index (χ0n) is 12.6. The lowest BCUT2D eigenvalue weighted by atomic mass is 9.97. The fourth-order valence-electron chi connectivity index (χ4n) is 3.51. The van der Waals surface area contributed by atoms with E-state index in [9.17, 15) is 4.79 Å². The van der Waals surface area contributed by atoms with Gasteiger partial charge in [0, 0.05) is 11.4 Å². The standard InChI is InChI=1S/C19H20N2O/c22-19(18-11-9-14-4-1-2-7-17(14)21-18)20-16-10-8-13-5-3-6-15(13)12-16/h1-2,4,7-8,10,12,18,21H,3,5-6,9,11H2,(H,20,22). The average molecular weight is 292 g/mol. The summed E-state index contributed by atoms with van der Waals surface area (Å²) >= 11 is 0. The molecule has 1 unspecified atom stereocenters. The largest absolute Gasteiger partial charge is 0.373 e. The van der Waals surface area contributed by atoms with Crippen LogP contribution in [-0.2, 0) is 24.1 Å². The summed E-state index contributed by atoms with van der Waals surface area (Å²) in [6, 6.07) is 14.4. The Morgan fingerprint density at radius 3 is 2.82 bits per heavy atom. The summed E-state index contributed by atoms with van der Waals surface area (Å²) in [5.74, 6) is 0.0625. The number of hydrogen-bond acceptors (Lipinski definition) is 2. The number of anilines is 2. The molecule has 0 saturated carbocycles. The Morgan fingerprint density at radius 2 is 1.86 bits per heavy atom. The van der Waals surface area contributed by atoms with Crippen molar-refractivity contribution in [3.05, 3.63) is 59.2 Å². The van der Waals surface area contributed by atoms with Crippen LogP contribution in [0.3, 0.4) is 0 Å². The highest BCUT2D eigenvalue weighted by Crippen LogP contribution is 2.27. The van der Waals surface area contributed by atoms with E-state index < -0.39 is 0 Å². The normalized spacial score (nSPS) is 19.0. The van der Waals surface area contributed by atoms with Crippen LogP contribution < -0.4 is 10.6 Å². The number of fused-ring (bicyclic) bond motifs is 2. The number of rotatable bonds is 2. The molecule has 0 saturated heterocycles. The van der Waals surface area contributed by atoms with Gasteiger partial charge in [0.05, 0.1) is 0 Å². The van der Waals surface area contributed by atoms with Gasteiger partial charge in [-0.15, -0.1) is 0 Å². The molecule has 0 bridgehead atoms. The highest BCUT2D eigenvalue weighted by molar-refractivity contribution is 5.97. The molecule has 22 heavy (non-hydrogen) atoms. The van der Waals surface area contributed by atoms with Crippen molar-refractivity contribution in [2.45, 2.75) is 38.1 Å². The van der Waals surface area contributed by atoms with E-state index in [0.717, 1.165) is 30.6 Å². The van der Waals surface area contributed by atoms with E-state index in [-0.39, 0.29) is 11.9 Å². The second kappa shape index (κ2) is 5.48. The van der Waals surface area contributed by atoms with Crippen LogP contribution in [0.15, 0.2) is 42.5 Å². The molecule has 1 atom stereocenters. The third kappa shape index (κ3) is 2.47. The summed E-state index contributed by atoms with van der Waals surface area (Å²) < 4.78 is 0. The third-order valence-electron chi connectivity index (χ3n) is 4.73. The Labute approximate surface area is 130 Å². The molecule has 3 heteroatoms. The van der Waals surface area contributed by atoms with Crippen molar-refractivity contribution in [2.75, 3.05) is 10.6 Å². The molecule has 1 amide bonds. The number of nitrogens with one attached hydrogen (secondary N) is 2. The number of amides is 1. The Kier molecular flexibility index (Phi) is 3.34. The predicted molar refractivity (Wildman–Crippen MR) is 89.3 cm³/mol. The fraction of sp³-hybridized carbons (Fsp3) is 0.316. The number of aryl methyl sites for hydroxylation is 3. The van der Waals surface area contributed by atoms with Crippen LogP contribution in [0.5, 0.6) is 0 Å². The van der Waals surface area contributed by atoms with E-state index >= 15 is 0 Å². The zero-order valence-corrected chi connectivity index (χ0v) is 12.6. The van der Waals surface area contributed by atoms with Crippen molar-refractivity contribution < 1.29 is 4.79 Å². The molecule has 0 radical (unpaired) electrons. The minimum atomic E-state index is -0.150. The molecule has 3 nitrogen and oxygen atoms in total. The molecule has 2 aliphatic rings. The lowest BCUT2D eigenvalue weighted by Gasteiger charge is -2.26. The lowest BCUT2D eigenvalue weighted by Crippen LogP contribution is -2.37. The second-order valence-electron chi connectivity index (χ2n) is 6.22. The van der Waals surface area contributed by atoms with Crippen molar-refractivity contribution in [2.24, 2.45) is 0 Å². The van der Waals surface area contributed by atoms with Crippen molar-refractivity contribution in [3.63, 3.8) is 0 Å². The molecular formula is C19H20N2O. The van der Waals surface area contributed by atoms with Gasteiger partial charge in [0.15, 0.2) is 0 Å². The topological polar surface area (TPSA) is 41.1 Å². The highest BCUT2D eigenvalue weighted by atomic mass is 16.2. The maximum atomic E-state index is 12.5. The molecule has 0 fully saturated rings. The molecule has 0 spiro atoms. The minimum absolute atomic E-state index is 0.0625. The van der Waals surface area contributed by atoms with E-state index in [2.05, 4.69) is 28.8 Å². The summed E-state index contributed by atoms with van der Waals surface area (Å²) in [5, 5.41) is 6.43. The van der Waals surface area contributed by atoms with Crippen molar-refractivity contribution in [1.29, 1.82) is 0 Å². The van der Waals surface area contributed by atoms with Gasteiger partial charge in [-0.3, -0.25) is 4.79 Å². The maximum Gasteiger partial charge on any atom is 0.246 e. The van der Waals surface area contributed by atoms with E-state index in [1.807, 2.05) is 24.3 Å². The van der Waals surface area contributed by atoms with Gasteiger partial charge in [-0.05, 0) is 67.0 Å². The lowest BCUT2D eigenvalue weighted by molar-refractivity contribution is -0.117. The number of carbonyl (C=O) groups excluding carboxylic acids is 1. The average Bonchev–Trinajstić information content (AvgIpc) is 3.02. The maximum absolute atomic E-state index is 12.5. The van der Waals surface area contributed by atoms with Crippen LogP contribution in [0.25, 0.3) is 0 Å². The van der Waals surface area contributed by atoms with Gasteiger partial charge in [-0.2, -0.15) is 0 Å². The van der Waals surface area contributed by atoms with E-state index in [1.165, 1.54) is 29.5 Å². The second-order valence-corrected chi connectivity index (χ2v) is 6.22. The highest BCUT2D eigenvalue weighted by Gasteiger charge is 2.24. The SMILES string of the molecule is O=C(Nc1ccc2c(c1)CCC2)C1CCc2ccccc2N1. The minimum Gasteiger partial charge on any atom is -0.373 e. The Morgan fingerprint density at radius 1 is 1.00 bits per heavy atom. The molecule has 1 heterocycles. The number of hydrogen-bond donors (Lipinski definition) is 2. The predicted octanol–water partition coefficient (Wildman–Crippen LogP) is 3.54. The van der Waals surface area contributed by atoms with Gasteiger partial charge in [0.2, 0.25) is 5.91 Å². The van der Waals surface area contributed by atoms with Gasteiger partial charge >= 0.3 is 0 Å². The van der Waals surface area contributed by atoms with Gasteiger partial charge < -0.3 is 10.6 Å². The first-order valence-corrected chi connectivity index (χ1v) is 8.07. The zero-order chi connectivity index (χ0) is 14.9. The monoisotopic (exact) mass is 292 g/mol. The smallest absolute Gasteiger partial charge is 0.246 e. The Bertz CT molecular complexity index is 723. The first-order chi connectivity index (χ1) is 10.8. The summed E-state index contributed by atoms with van der Waals surface area (Å²) in [6.07, 6.45) is 5.32. The summed E-state index contributed by atoms with van der Waals surface area (Å²) in [7, 11) is 0. The molecule has 2 aromatic carbocycles. The molecule has 112 valence electrons. The van der Waals surface area contributed by atoms with Crippen LogP contribution in [0, 0.1) is 0 Å². The van der Waals surface area contributed by atoms with Gasteiger partial charge in [0.1, 0.15) is 6.04 Å². The fourth-order valence-corrected chi connectivity index (χ4v) is 3.51. The quantitative estimate of drug-likeness (QED) is 0.889. The molecular weight excluding hydrogens is 272 g/mol. The van der Waals surface area contributed by atoms with Crippen molar-refractivity contribution in [3.8, 4) is 0 Å². The van der Waals surface area contributed by atoms with Crippen LogP contribution in [0.1, 0.15) is 29.5 Å². The molecule has 2 N–H and O–H groups in total. The summed E-state index contributed by atoms with van der Waals surface area (Å²) in [5.41, 5.74) is 6.13. The Balaban J connectivity index is 1.47. The van der Waals surface area contributed by atoms with Gasteiger partial charge in [-0.1, -0.05) is 24.3 Å². The molecule has 1 aliphatic heterocycles. The number of carbonyl (C=O) groups is 1. The van der Waals surface area contributed by atoms with Crippen LogP contribution in [0.2, 0.25) is 0 Å². The number of para-hydroxylation sites is 1. The van der Waals surface area contributed by atoms with E-state index in [1.54, 1.807) is 0 Å². The van der Waals surface area contributed by atoms with Crippen LogP contribution in [-0.4, -0.2) is 11.9 Å². The Hall–Kier alpha value is -2.29. The molecule has 1 aliphatic carbocycles. The van der Waals surface area contributed by atoms with Crippen molar-refractivity contribution >= 4 is 17.3 Å². The summed E-state index contributed by atoms with van der Waals surface area (Å²) in [4.78, 5) is 12.5. The molecule has 2 aromatic rings. The van der Waals surface area contributed by atoms with E-state index in [0.29, 0.717) is 0 Å². The van der Waals surface area contributed by atoms with Gasteiger partial charge in [-0.25, -0.2) is 0 Å². The summed E-state index contributed by atoms with van der Waals surface area (Å²) in [6.45, 7) is 0. The van der Waals surface area contributed by atoms with Gasteiger partial charge in [0.25, 0.3) is 0 Å². The number of benzene rings is 2. The first-order valence-electron chi connectivity index (χ1n) is 8.07. The van der Waals surface area contributed by atoms with Crippen LogP contribution >= 0.6 is 0 Å². The van der Waals surface area contributed by atoms with Crippen molar-refractivity contribution in [1.82, 2.24) is 0 Å². The van der Waals surface area contributed by atoms with E-state index in [4.69, 9.17) is 0 Å². The van der Waals surface area contributed by atoms with Crippen LogP contribution in [0.4, 0.5) is 11.4 Å².